The molecule has 0 aromatic heterocycles. The molecule has 27 heavy (non-hydrogen) atoms. The van der Waals surface area contributed by atoms with Crippen LogP contribution in [-0.4, -0.2) is 6.17 Å². The van der Waals surface area contributed by atoms with Gasteiger partial charge in [-0.25, -0.2) is 0 Å². The largest absolute Gasteiger partial charge is 0.318 e. The normalized spacial score (nSPS) is 16.1. The van der Waals surface area contributed by atoms with Gasteiger partial charge in [0.25, 0.3) is 0 Å². The van der Waals surface area contributed by atoms with E-state index in [9.17, 15) is 0 Å². The van der Waals surface area contributed by atoms with Crippen LogP contribution >= 0.6 is 0 Å². The molecular weight excluding hydrogens is 328 g/mol. The Labute approximate surface area is 163 Å². The Morgan fingerprint density at radius 2 is 1.19 bits per heavy atom. The van der Waals surface area contributed by atoms with Gasteiger partial charge in [0.05, 0.1) is 11.4 Å². The van der Waals surface area contributed by atoms with Crippen LogP contribution in [0, 0.1) is 12.8 Å². The standard InChI is InChI=1S/C25H28N2/c1-4-20(5-2)25-26(21-14-7-6-8-15-21)23-17-11-12-18-24(23)27(25)22-16-10-9-13-19(22)3/h6-18,20,25H,4-5H2,1-3H3. The minimum atomic E-state index is 0.279. The minimum Gasteiger partial charge on any atom is -0.318 e. The molecule has 3 aromatic carbocycles. The molecule has 4 rings (SSSR count). The SMILES string of the molecule is CCC(CC)C1N(c2ccccc2)c2ccccc2N1c1ccccc1C. The molecule has 0 amide bonds. The lowest BCUT2D eigenvalue weighted by atomic mass is 9.97. The lowest BCUT2D eigenvalue weighted by Gasteiger charge is -2.38. The smallest absolute Gasteiger partial charge is 0.114 e. The third-order valence-corrected chi connectivity index (χ3v) is 5.81. The number of fused-ring (bicyclic) bond motifs is 1. The molecule has 1 unspecified atom stereocenters. The molecule has 2 nitrogen and oxygen atoms in total. The maximum atomic E-state index is 2.56. The van der Waals surface area contributed by atoms with Gasteiger partial charge < -0.3 is 9.80 Å². The van der Waals surface area contributed by atoms with Crippen molar-refractivity contribution in [1.82, 2.24) is 0 Å². The molecular formula is C25H28N2. The number of aryl methyl sites for hydroxylation is 1. The Bertz CT molecular complexity index is 899. The lowest BCUT2D eigenvalue weighted by Crippen LogP contribution is -2.44. The van der Waals surface area contributed by atoms with Gasteiger partial charge in [-0.3, -0.25) is 0 Å². The molecule has 0 aliphatic carbocycles. The first-order valence-electron chi connectivity index (χ1n) is 10.0. The summed E-state index contributed by atoms with van der Waals surface area (Å²) in [5.41, 5.74) is 6.48. The number of nitrogens with zero attached hydrogens (tertiary/aromatic N) is 2. The van der Waals surface area contributed by atoms with Crippen molar-refractivity contribution in [3.63, 3.8) is 0 Å². The van der Waals surface area contributed by atoms with Gasteiger partial charge in [0, 0.05) is 11.4 Å². The van der Waals surface area contributed by atoms with E-state index >= 15 is 0 Å². The summed E-state index contributed by atoms with van der Waals surface area (Å²) in [6, 6.07) is 28.4. The molecule has 1 aliphatic heterocycles. The van der Waals surface area contributed by atoms with Crippen molar-refractivity contribution in [1.29, 1.82) is 0 Å². The summed E-state index contributed by atoms with van der Waals surface area (Å²) in [6.07, 6.45) is 2.59. The van der Waals surface area contributed by atoms with Crippen LogP contribution < -0.4 is 9.80 Å². The highest BCUT2D eigenvalue weighted by molar-refractivity contribution is 5.89. The first-order valence-corrected chi connectivity index (χ1v) is 10.0. The zero-order valence-electron chi connectivity index (χ0n) is 16.5. The van der Waals surface area contributed by atoms with E-state index in [4.69, 9.17) is 0 Å². The van der Waals surface area contributed by atoms with Crippen LogP contribution in [0.1, 0.15) is 32.3 Å². The monoisotopic (exact) mass is 356 g/mol. The maximum Gasteiger partial charge on any atom is 0.114 e. The van der Waals surface area contributed by atoms with Gasteiger partial charge in [-0.2, -0.15) is 0 Å². The van der Waals surface area contributed by atoms with Crippen LogP contribution in [0.2, 0.25) is 0 Å². The van der Waals surface area contributed by atoms with E-state index < -0.39 is 0 Å². The van der Waals surface area contributed by atoms with E-state index in [-0.39, 0.29) is 6.17 Å². The predicted molar refractivity (Wildman–Crippen MR) is 116 cm³/mol. The molecule has 0 spiro atoms. The van der Waals surface area contributed by atoms with E-state index in [2.05, 4.69) is 109 Å². The second-order valence-electron chi connectivity index (χ2n) is 7.34. The molecule has 1 aliphatic rings. The summed E-state index contributed by atoms with van der Waals surface area (Å²) >= 11 is 0. The Hall–Kier alpha value is -2.74. The Balaban J connectivity index is 1.95. The van der Waals surface area contributed by atoms with Gasteiger partial charge in [0.2, 0.25) is 0 Å². The Kier molecular flexibility index (Phi) is 4.89. The first-order chi connectivity index (χ1) is 13.3. The van der Waals surface area contributed by atoms with Crippen LogP contribution in [-0.2, 0) is 0 Å². The van der Waals surface area contributed by atoms with Crippen LogP contribution in [0.3, 0.4) is 0 Å². The fourth-order valence-electron chi connectivity index (χ4n) is 4.39. The number of para-hydroxylation sites is 4. The Morgan fingerprint density at radius 1 is 0.667 bits per heavy atom. The summed E-state index contributed by atoms with van der Waals surface area (Å²) in [5, 5.41) is 0. The molecule has 2 heteroatoms. The summed E-state index contributed by atoms with van der Waals surface area (Å²) in [4.78, 5) is 5.11. The fourth-order valence-corrected chi connectivity index (χ4v) is 4.39. The highest BCUT2D eigenvalue weighted by Crippen LogP contribution is 2.50. The quantitative estimate of drug-likeness (QED) is 0.483. The summed E-state index contributed by atoms with van der Waals surface area (Å²) < 4.78 is 0. The highest BCUT2D eigenvalue weighted by Gasteiger charge is 2.41. The molecule has 138 valence electrons. The van der Waals surface area contributed by atoms with E-state index in [1.165, 1.54) is 28.3 Å². The third-order valence-electron chi connectivity index (χ3n) is 5.81. The van der Waals surface area contributed by atoms with Gasteiger partial charge in [-0.05, 0) is 61.6 Å². The van der Waals surface area contributed by atoms with Crippen molar-refractivity contribution in [3.8, 4) is 0 Å². The molecule has 0 radical (unpaired) electrons. The van der Waals surface area contributed by atoms with Gasteiger partial charge in [0.15, 0.2) is 0 Å². The molecule has 3 aromatic rings. The van der Waals surface area contributed by atoms with Crippen LogP contribution in [0.4, 0.5) is 22.7 Å². The zero-order valence-corrected chi connectivity index (χ0v) is 16.5. The molecule has 0 fully saturated rings. The molecule has 0 saturated carbocycles. The fraction of sp³-hybridized carbons (Fsp3) is 0.280. The van der Waals surface area contributed by atoms with Gasteiger partial charge in [0.1, 0.15) is 6.17 Å². The molecule has 0 saturated heterocycles. The van der Waals surface area contributed by atoms with Crippen LogP contribution in [0.15, 0.2) is 78.9 Å². The maximum absolute atomic E-state index is 2.56. The van der Waals surface area contributed by atoms with Gasteiger partial charge >= 0.3 is 0 Å². The van der Waals surface area contributed by atoms with Crippen molar-refractivity contribution in [3.05, 3.63) is 84.4 Å². The zero-order chi connectivity index (χ0) is 18.8. The molecule has 1 atom stereocenters. The molecule has 1 heterocycles. The highest BCUT2D eigenvalue weighted by atomic mass is 15.4. The topological polar surface area (TPSA) is 6.48 Å². The summed E-state index contributed by atoms with van der Waals surface area (Å²) in [5.74, 6) is 0.567. The average molecular weight is 357 g/mol. The third kappa shape index (κ3) is 2.99. The van der Waals surface area contributed by atoms with E-state index in [0.29, 0.717) is 5.92 Å². The van der Waals surface area contributed by atoms with Crippen LogP contribution in [0.25, 0.3) is 0 Å². The molecule has 0 bridgehead atoms. The van der Waals surface area contributed by atoms with Crippen molar-refractivity contribution in [2.24, 2.45) is 5.92 Å². The number of anilines is 4. The number of hydrogen-bond acceptors (Lipinski definition) is 2. The second-order valence-corrected chi connectivity index (χ2v) is 7.34. The second kappa shape index (κ2) is 7.48. The van der Waals surface area contributed by atoms with Crippen molar-refractivity contribution >= 4 is 22.7 Å². The van der Waals surface area contributed by atoms with Crippen molar-refractivity contribution < 1.29 is 0 Å². The number of rotatable bonds is 5. The average Bonchev–Trinajstić information content (AvgIpc) is 3.05. The van der Waals surface area contributed by atoms with E-state index in [1.807, 2.05) is 0 Å². The lowest BCUT2D eigenvalue weighted by molar-refractivity contribution is 0.405. The van der Waals surface area contributed by atoms with E-state index in [1.54, 1.807) is 0 Å². The van der Waals surface area contributed by atoms with Crippen molar-refractivity contribution in [2.45, 2.75) is 39.8 Å². The number of hydrogen-bond donors (Lipinski definition) is 0. The predicted octanol–water partition coefficient (Wildman–Crippen LogP) is 7.05. The summed E-state index contributed by atoms with van der Waals surface area (Å²) in [6.45, 7) is 6.85. The van der Waals surface area contributed by atoms with Crippen molar-refractivity contribution in [2.75, 3.05) is 9.80 Å². The van der Waals surface area contributed by atoms with Crippen LogP contribution in [0.5, 0.6) is 0 Å². The first kappa shape index (κ1) is 17.7. The number of benzene rings is 3. The van der Waals surface area contributed by atoms with Gasteiger partial charge in [-0.1, -0.05) is 62.4 Å². The van der Waals surface area contributed by atoms with E-state index in [0.717, 1.165) is 12.8 Å². The summed E-state index contributed by atoms with van der Waals surface area (Å²) in [7, 11) is 0. The molecule has 0 N–H and O–H groups in total. The minimum absolute atomic E-state index is 0.279. The van der Waals surface area contributed by atoms with Gasteiger partial charge in [-0.15, -0.1) is 0 Å². The Morgan fingerprint density at radius 3 is 1.78 bits per heavy atom.